The zero-order chi connectivity index (χ0) is 35.7. The van der Waals surface area contributed by atoms with Crippen LogP contribution in [0.25, 0.3) is 11.1 Å². The molecular weight excluding hydrogens is 638 g/mol. The van der Waals surface area contributed by atoms with Crippen LogP contribution in [0.15, 0.2) is 54.9 Å². The average molecular weight is 698 g/mol. The smallest absolute Gasteiger partial charge is 0.407 e. The Morgan fingerprint density at radius 2 is 1.69 bits per heavy atom. The lowest BCUT2D eigenvalue weighted by atomic mass is 9.78. The number of aromatic nitrogens is 2. The van der Waals surface area contributed by atoms with Gasteiger partial charge >= 0.3 is 6.09 Å². The number of alkyl carbamates (subject to hydrolysis) is 1. The Balaban J connectivity index is 1.08. The molecule has 0 aliphatic heterocycles. The molecule has 2 amide bonds. The maximum absolute atomic E-state index is 14.5. The predicted molar refractivity (Wildman–Crippen MR) is 203 cm³/mol. The Kier molecular flexibility index (Phi) is 12.7. The summed E-state index contributed by atoms with van der Waals surface area (Å²) in [6, 6.07) is 15.6. The number of aryl methyl sites for hydroxylation is 1. The number of anilines is 1. The minimum atomic E-state index is -0.332. The zero-order valence-electron chi connectivity index (χ0n) is 31.3. The van der Waals surface area contributed by atoms with E-state index in [0.717, 1.165) is 93.4 Å². The first-order valence-corrected chi connectivity index (χ1v) is 19.5. The van der Waals surface area contributed by atoms with Gasteiger partial charge in [0.2, 0.25) is 5.91 Å². The minimum Gasteiger partial charge on any atom is -0.496 e. The van der Waals surface area contributed by atoms with Crippen LogP contribution in [0.1, 0.15) is 107 Å². The van der Waals surface area contributed by atoms with Gasteiger partial charge in [0.15, 0.2) is 0 Å². The number of methoxy groups -OCH3 is 1. The van der Waals surface area contributed by atoms with Gasteiger partial charge in [0.1, 0.15) is 11.9 Å². The molecule has 3 aliphatic rings. The molecule has 0 spiro atoms. The first kappa shape index (κ1) is 36.9. The van der Waals surface area contributed by atoms with E-state index in [4.69, 9.17) is 9.47 Å². The molecule has 9 nitrogen and oxygen atoms in total. The molecule has 0 unspecified atom stereocenters. The zero-order valence-corrected chi connectivity index (χ0v) is 31.3. The van der Waals surface area contributed by atoms with Crippen molar-refractivity contribution in [1.29, 1.82) is 0 Å². The van der Waals surface area contributed by atoms with Gasteiger partial charge in [0, 0.05) is 36.5 Å². The van der Waals surface area contributed by atoms with E-state index in [0.29, 0.717) is 37.3 Å². The summed E-state index contributed by atoms with van der Waals surface area (Å²) in [5, 5.41) is 7.55. The highest BCUT2D eigenvalue weighted by atomic mass is 16.6. The third kappa shape index (κ3) is 10.1. The Hall–Kier alpha value is -3.85. The lowest BCUT2D eigenvalue weighted by molar-refractivity contribution is -0.124. The molecule has 3 saturated carbocycles. The Morgan fingerprint density at radius 3 is 2.39 bits per heavy atom. The molecule has 276 valence electrons. The molecule has 1 heterocycles. The summed E-state index contributed by atoms with van der Waals surface area (Å²) in [5.74, 6) is 2.04. The van der Waals surface area contributed by atoms with Gasteiger partial charge in [-0.05, 0) is 151 Å². The third-order valence-electron chi connectivity index (χ3n) is 11.3. The summed E-state index contributed by atoms with van der Waals surface area (Å²) >= 11 is 0. The van der Waals surface area contributed by atoms with Crippen molar-refractivity contribution in [1.82, 2.24) is 20.0 Å². The molecule has 0 bridgehead atoms. The molecule has 1 aromatic heterocycles. The number of carbonyl (C=O) groups excluding carboxylic acids is 2. The van der Waals surface area contributed by atoms with Crippen molar-refractivity contribution < 1.29 is 19.1 Å². The lowest BCUT2D eigenvalue weighted by Gasteiger charge is -2.36. The van der Waals surface area contributed by atoms with E-state index >= 15 is 0 Å². The van der Waals surface area contributed by atoms with Crippen LogP contribution in [-0.2, 0) is 9.53 Å². The fourth-order valence-corrected chi connectivity index (χ4v) is 8.06. The highest BCUT2D eigenvalue weighted by Crippen LogP contribution is 2.40. The van der Waals surface area contributed by atoms with Crippen molar-refractivity contribution in [3.63, 3.8) is 0 Å². The summed E-state index contributed by atoms with van der Waals surface area (Å²) in [6.45, 7) is 4.54. The summed E-state index contributed by atoms with van der Waals surface area (Å²) in [4.78, 5) is 31.3. The topological polar surface area (TPSA) is 88.9 Å². The number of nitrogens with one attached hydrogen (secondary N) is 1. The van der Waals surface area contributed by atoms with E-state index < -0.39 is 0 Å². The minimum absolute atomic E-state index is 0.0792. The number of amides is 2. The average Bonchev–Trinajstić information content (AvgIpc) is 3.88. The first-order chi connectivity index (χ1) is 24.8. The highest BCUT2D eigenvalue weighted by molar-refractivity contribution is 5.95. The van der Waals surface area contributed by atoms with Crippen LogP contribution in [-0.4, -0.2) is 73.6 Å². The molecule has 3 fully saturated rings. The molecule has 1 N–H and O–H groups in total. The van der Waals surface area contributed by atoms with Crippen LogP contribution in [0.5, 0.6) is 5.75 Å². The van der Waals surface area contributed by atoms with Crippen molar-refractivity contribution in [2.24, 2.45) is 11.8 Å². The Labute approximate surface area is 305 Å². The van der Waals surface area contributed by atoms with Gasteiger partial charge in [-0.2, -0.15) is 5.10 Å². The summed E-state index contributed by atoms with van der Waals surface area (Å²) < 4.78 is 13.4. The van der Waals surface area contributed by atoms with Gasteiger partial charge in [-0.15, -0.1) is 0 Å². The lowest BCUT2D eigenvalue weighted by Crippen LogP contribution is -2.42. The van der Waals surface area contributed by atoms with E-state index in [1.54, 1.807) is 7.11 Å². The maximum atomic E-state index is 14.5. The van der Waals surface area contributed by atoms with Gasteiger partial charge in [0.25, 0.3) is 0 Å². The van der Waals surface area contributed by atoms with Gasteiger partial charge in [-0.1, -0.05) is 30.7 Å². The van der Waals surface area contributed by atoms with Crippen LogP contribution < -0.4 is 15.0 Å². The van der Waals surface area contributed by atoms with Crippen LogP contribution in [0.4, 0.5) is 10.5 Å². The molecular formula is C42H59N5O4. The normalized spacial score (nSPS) is 22.1. The Morgan fingerprint density at radius 1 is 0.902 bits per heavy atom. The Bertz CT molecular complexity index is 1580. The summed E-state index contributed by atoms with van der Waals surface area (Å²) in [6.07, 6.45) is 16.5. The maximum Gasteiger partial charge on any atom is 0.407 e. The first-order valence-electron chi connectivity index (χ1n) is 19.5. The van der Waals surface area contributed by atoms with E-state index in [2.05, 4.69) is 94.6 Å². The number of rotatable bonds is 15. The number of nitrogens with zero attached hydrogens (tertiary/aromatic N) is 4. The fraction of sp³-hybridized carbons (Fsp3) is 0.595. The molecule has 3 aromatic rings. The summed E-state index contributed by atoms with van der Waals surface area (Å²) in [7, 11) is 5.89. The van der Waals surface area contributed by atoms with E-state index in [9.17, 15) is 9.59 Å². The third-order valence-corrected chi connectivity index (χ3v) is 11.3. The SMILES string of the molecule is COc1ccc(C2CCC(CN(C(=O)C3CCC(OC(=O)NCCCCCN(C)C)CC3)c3cccc(-c4cnn(C5CC5)c4)c3)CC2)cc1C. The number of hydrogen-bond acceptors (Lipinski definition) is 6. The van der Waals surface area contributed by atoms with Gasteiger partial charge in [-0.25, -0.2) is 4.79 Å². The number of hydrogen-bond donors (Lipinski definition) is 1. The predicted octanol–water partition coefficient (Wildman–Crippen LogP) is 8.53. The number of carbonyl (C=O) groups is 2. The monoisotopic (exact) mass is 697 g/mol. The molecule has 6 rings (SSSR count). The highest BCUT2D eigenvalue weighted by Gasteiger charge is 2.34. The fourth-order valence-electron chi connectivity index (χ4n) is 8.06. The van der Waals surface area contributed by atoms with Gasteiger partial charge in [-0.3, -0.25) is 9.48 Å². The number of unbranched alkanes of at least 4 members (excludes halogenated alkanes) is 2. The molecule has 51 heavy (non-hydrogen) atoms. The molecule has 2 aromatic carbocycles. The van der Waals surface area contributed by atoms with Crippen molar-refractivity contribution in [3.05, 3.63) is 66.0 Å². The largest absolute Gasteiger partial charge is 0.496 e. The van der Waals surface area contributed by atoms with Crippen LogP contribution in [0.2, 0.25) is 0 Å². The van der Waals surface area contributed by atoms with Crippen LogP contribution in [0.3, 0.4) is 0 Å². The second kappa shape index (κ2) is 17.6. The van der Waals surface area contributed by atoms with E-state index in [1.165, 1.54) is 24.0 Å². The van der Waals surface area contributed by atoms with Crippen molar-refractivity contribution in [2.45, 2.75) is 108 Å². The van der Waals surface area contributed by atoms with Crippen molar-refractivity contribution in [2.75, 3.05) is 45.7 Å². The number of benzene rings is 2. The van der Waals surface area contributed by atoms with E-state index in [-0.39, 0.29) is 24.0 Å². The molecule has 0 atom stereocenters. The van der Waals surface area contributed by atoms with Crippen molar-refractivity contribution >= 4 is 17.7 Å². The second-order valence-electron chi connectivity index (χ2n) is 15.6. The van der Waals surface area contributed by atoms with Gasteiger partial charge < -0.3 is 24.6 Å². The molecule has 0 saturated heterocycles. The van der Waals surface area contributed by atoms with Gasteiger partial charge in [0.05, 0.1) is 19.3 Å². The van der Waals surface area contributed by atoms with Crippen molar-refractivity contribution in [3.8, 4) is 16.9 Å². The summed E-state index contributed by atoms with van der Waals surface area (Å²) in [5.41, 5.74) is 5.73. The van der Waals surface area contributed by atoms with Crippen LogP contribution in [0, 0.1) is 18.8 Å². The van der Waals surface area contributed by atoms with Crippen LogP contribution >= 0.6 is 0 Å². The quantitative estimate of drug-likeness (QED) is 0.160. The second-order valence-corrected chi connectivity index (χ2v) is 15.6. The van der Waals surface area contributed by atoms with E-state index in [1.807, 2.05) is 6.20 Å². The standard InChI is InChI=1S/C42H59N5O4/c1-30-25-35(17-22-40(30)50-4)32-13-11-31(12-14-32)28-46(38-10-8-9-34(26-38)36-27-44-47(29-36)37-18-19-37)41(48)33-15-20-39(21-16-33)51-42(49)43-23-6-5-7-24-45(2)3/h8-10,17,22,25-27,29,31-33,37,39H,5-7,11-16,18-21,23-24,28H2,1-4H3,(H,43,49). The molecule has 3 aliphatic carbocycles. The number of ether oxygens (including phenoxy) is 2. The molecule has 0 radical (unpaired) electrons. The molecule has 9 heteroatoms.